The number of hydrogen-bond donors (Lipinski definition) is 0. The summed E-state index contributed by atoms with van der Waals surface area (Å²) in [5.41, 5.74) is 0.00119. The monoisotopic (exact) mass is 236 g/mol. The highest BCUT2D eigenvalue weighted by Crippen LogP contribution is 2.12. The number of rotatable bonds is 2. The average molecular weight is 236 g/mol. The minimum absolute atomic E-state index is 0.00119. The molecule has 1 aromatic heterocycles. The molecular formula is C12H20N4O. The lowest BCUT2D eigenvalue weighted by Gasteiger charge is -2.37. The van der Waals surface area contributed by atoms with E-state index in [9.17, 15) is 4.79 Å². The molecule has 94 valence electrons. The Morgan fingerprint density at radius 2 is 1.88 bits per heavy atom. The van der Waals surface area contributed by atoms with E-state index in [4.69, 9.17) is 0 Å². The summed E-state index contributed by atoms with van der Waals surface area (Å²) in [5.74, 6) is 0.779. The highest BCUT2D eigenvalue weighted by molar-refractivity contribution is 5.31. The van der Waals surface area contributed by atoms with Gasteiger partial charge < -0.3 is 4.90 Å². The van der Waals surface area contributed by atoms with Crippen molar-refractivity contribution in [1.29, 1.82) is 0 Å². The Balaban J connectivity index is 2.11. The van der Waals surface area contributed by atoms with Crippen LogP contribution in [-0.4, -0.2) is 46.7 Å². The first-order valence-corrected chi connectivity index (χ1v) is 6.10. The largest absolute Gasteiger partial charge is 0.340 e. The van der Waals surface area contributed by atoms with Crippen LogP contribution in [0.3, 0.4) is 0 Å². The van der Waals surface area contributed by atoms with E-state index in [0.717, 1.165) is 32.1 Å². The summed E-state index contributed by atoms with van der Waals surface area (Å²) in [7, 11) is 1.78. The first-order valence-electron chi connectivity index (χ1n) is 6.10. The van der Waals surface area contributed by atoms with E-state index >= 15 is 0 Å². The lowest BCUT2D eigenvalue weighted by atomic mass is 10.2. The molecule has 1 saturated heterocycles. The number of nitrogens with zero attached hydrogens (tertiary/aromatic N) is 4. The fraction of sp³-hybridized carbons (Fsp3) is 0.667. The van der Waals surface area contributed by atoms with Crippen LogP contribution in [0.15, 0.2) is 17.1 Å². The Morgan fingerprint density at radius 3 is 2.47 bits per heavy atom. The van der Waals surface area contributed by atoms with Crippen LogP contribution in [0.2, 0.25) is 0 Å². The predicted molar refractivity (Wildman–Crippen MR) is 68.4 cm³/mol. The molecule has 5 heteroatoms. The number of hydrogen-bond acceptors (Lipinski definition) is 4. The van der Waals surface area contributed by atoms with Crippen molar-refractivity contribution >= 4 is 5.95 Å². The third kappa shape index (κ3) is 2.49. The lowest BCUT2D eigenvalue weighted by molar-refractivity contribution is 0.208. The average Bonchev–Trinajstić information content (AvgIpc) is 2.33. The van der Waals surface area contributed by atoms with Gasteiger partial charge >= 0.3 is 0 Å². The number of aromatic nitrogens is 2. The van der Waals surface area contributed by atoms with E-state index in [-0.39, 0.29) is 5.56 Å². The van der Waals surface area contributed by atoms with Gasteiger partial charge in [-0.25, -0.2) is 4.98 Å². The Kier molecular flexibility index (Phi) is 3.47. The highest BCUT2D eigenvalue weighted by atomic mass is 16.1. The van der Waals surface area contributed by atoms with E-state index in [0.29, 0.717) is 6.04 Å². The molecule has 5 nitrogen and oxygen atoms in total. The van der Waals surface area contributed by atoms with Gasteiger partial charge in [0.05, 0.1) is 0 Å². The van der Waals surface area contributed by atoms with Gasteiger partial charge in [0.1, 0.15) is 0 Å². The van der Waals surface area contributed by atoms with E-state index in [1.165, 1.54) is 6.07 Å². The van der Waals surface area contributed by atoms with Gasteiger partial charge in [0.15, 0.2) is 0 Å². The summed E-state index contributed by atoms with van der Waals surface area (Å²) in [6, 6.07) is 2.08. The van der Waals surface area contributed by atoms with Crippen LogP contribution in [-0.2, 0) is 7.05 Å². The van der Waals surface area contributed by atoms with Crippen molar-refractivity contribution < 1.29 is 0 Å². The molecule has 2 heterocycles. The minimum atomic E-state index is 0.00119. The van der Waals surface area contributed by atoms with Gasteiger partial charge in [-0.3, -0.25) is 14.3 Å². The second-order valence-electron chi connectivity index (χ2n) is 4.76. The molecule has 0 unspecified atom stereocenters. The van der Waals surface area contributed by atoms with E-state index in [2.05, 4.69) is 28.6 Å². The molecule has 0 amide bonds. The van der Waals surface area contributed by atoms with Crippen LogP contribution < -0.4 is 10.5 Å². The molecule has 2 rings (SSSR count). The molecule has 0 atom stereocenters. The normalized spacial score (nSPS) is 17.8. The summed E-state index contributed by atoms with van der Waals surface area (Å²) in [6.45, 7) is 8.36. The fourth-order valence-corrected chi connectivity index (χ4v) is 2.20. The molecule has 17 heavy (non-hydrogen) atoms. The standard InChI is InChI=1S/C12H20N4O/c1-10(2)15-6-8-16(9-7-15)12-13-5-4-11(17)14(12)3/h4-5,10H,6-9H2,1-3H3. The lowest BCUT2D eigenvalue weighted by Crippen LogP contribution is -2.50. The van der Waals surface area contributed by atoms with Crippen molar-refractivity contribution in [2.24, 2.45) is 7.05 Å². The molecule has 0 N–H and O–H groups in total. The molecule has 1 aliphatic heterocycles. The van der Waals surface area contributed by atoms with Crippen molar-refractivity contribution in [2.45, 2.75) is 19.9 Å². The summed E-state index contributed by atoms with van der Waals surface area (Å²) >= 11 is 0. The quantitative estimate of drug-likeness (QED) is 0.741. The van der Waals surface area contributed by atoms with Crippen LogP contribution in [0.1, 0.15) is 13.8 Å². The van der Waals surface area contributed by atoms with Gasteiger partial charge in [-0.15, -0.1) is 0 Å². The molecule has 0 aromatic carbocycles. The fourth-order valence-electron chi connectivity index (χ4n) is 2.20. The van der Waals surface area contributed by atoms with Crippen LogP contribution in [0.4, 0.5) is 5.95 Å². The molecule has 0 bridgehead atoms. The van der Waals surface area contributed by atoms with Gasteiger partial charge in [0.2, 0.25) is 5.95 Å². The van der Waals surface area contributed by atoms with Crippen molar-refractivity contribution in [3.63, 3.8) is 0 Å². The van der Waals surface area contributed by atoms with Crippen LogP contribution in [0, 0.1) is 0 Å². The van der Waals surface area contributed by atoms with Crippen molar-refractivity contribution in [1.82, 2.24) is 14.5 Å². The summed E-state index contributed by atoms with van der Waals surface area (Å²) in [6.07, 6.45) is 1.59. The summed E-state index contributed by atoms with van der Waals surface area (Å²) in [4.78, 5) is 20.5. The summed E-state index contributed by atoms with van der Waals surface area (Å²) in [5, 5.41) is 0. The minimum Gasteiger partial charge on any atom is -0.340 e. The van der Waals surface area contributed by atoms with Gasteiger partial charge in [-0.05, 0) is 13.8 Å². The van der Waals surface area contributed by atoms with Gasteiger partial charge in [-0.2, -0.15) is 0 Å². The second kappa shape index (κ2) is 4.87. The van der Waals surface area contributed by atoms with Crippen LogP contribution in [0.25, 0.3) is 0 Å². The first-order chi connectivity index (χ1) is 8.09. The third-order valence-corrected chi connectivity index (χ3v) is 3.37. The first kappa shape index (κ1) is 12.1. The van der Waals surface area contributed by atoms with Gasteiger partial charge in [-0.1, -0.05) is 0 Å². The molecular weight excluding hydrogens is 216 g/mol. The second-order valence-corrected chi connectivity index (χ2v) is 4.76. The maximum Gasteiger partial charge on any atom is 0.254 e. The number of anilines is 1. The zero-order valence-corrected chi connectivity index (χ0v) is 10.8. The molecule has 0 saturated carbocycles. The Bertz CT molecular complexity index is 432. The molecule has 0 radical (unpaired) electrons. The van der Waals surface area contributed by atoms with Crippen molar-refractivity contribution in [3.8, 4) is 0 Å². The Labute approximate surface area is 102 Å². The molecule has 0 aliphatic carbocycles. The predicted octanol–water partition coefficient (Wildman–Crippen LogP) is 0.311. The molecule has 0 spiro atoms. The third-order valence-electron chi connectivity index (χ3n) is 3.37. The topological polar surface area (TPSA) is 41.4 Å². The maximum atomic E-state index is 11.5. The van der Waals surface area contributed by atoms with E-state index in [1.807, 2.05) is 0 Å². The van der Waals surface area contributed by atoms with Gasteiger partial charge in [0, 0.05) is 51.5 Å². The van der Waals surface area contributed by atoms with E-state index in [1.54, 1.807) is 17.8 Å². The zero-order valence-electron chi connectivity index (χ0n) is 10.8. The highest BCUT2D eigenvalue weighted by Gasteiger charge is 2.20. The van der Waals surface area contributed by atoms with Gasteiger partial charge in [0.25, 0.3) is 5.56 Å². The summed E-state index contributed by atoms with van der Waals surface area (Å²) < 4.78 is 1.62. The molecule has 1 aliphatic rings. The van der Waals surface area contributed by atoms with E-state index < -0.39 is 0 Å². The van der Waals surface area contributed by atoms with Crippen LogP contribution in [0.5, 0.6) is 0 Å². The Hall–Kier alpha value is -1.36. The van der Waals surface area contributed by atoms with Crippen molar-refractivity contribution in [2.75, 3.05) is 31.1 Å². The smallest absolute Gasteiger partial charge is 0.254 e. The SMILES string of the molecule is CC(C)N1CCN(c2nccc(=O)n2C)CC1. The van der Waals surface area contributed by atoms with Crippen LogP contribution >= 0.6 is 0 Å². The Morgan fingerprint density at radius 1 is 1.24 bits per heavy atom. The van der Waals surface area contributed by atoms with Crippen molar-refractivity contribution in [3.05, 3.63) is 22.6 Å². The molecule has 1 fully saturated rings. The number of piperazine rings is 1. The molecule has 1 aromatic rings. The zero-order chi connectivity index (χ0) is 12.4. The maximum absolute atomic E-state index is 11.5.